The Morgan fingerprint density at radius 3 is 1.23 bits per heavy atom. The lowest BCUT2D eigenvalue weighted by Crippen LogP contribution is -2.34. The Morgan fingerprint density at radius 1 is 0.591 bits per heavy atom. The van der Waals surface area contributed by atoms with E-state index < -0.39 is 10.9 Å². The van der Waals surface area contributed by atoms with E-state index in [0.29, 0.717) is 19.6 Å². The van der Waals surface area contributed by atoms with Gasteiger partial charge in [-0.2, -0.15) is 0 Å². The van der Waals surface area contributed by atoms with E-state index in [1.807, 2.05) is 0 Å². The molecule has 0 saturated carbocycles. The normalized spacial score (nSPS) is 11.0. The highest BCUT2D eigenvalue weighted by molar-refractivity contribution is 8.02. The molecule has 0 amide bonds. The first-order valence-electron chi connectivity index (χ1n) is 6.25. The van der Waals surface area contributed by atoms with Gasteiger partial charge in [-0.1, -0.05) is 23.5 Å². The first kappa shape index (κ1) is 15.0. The van der Waals surface area contributed by atoms with E-state index in [2.05, 4.69) is 0 Å². The minimum atomic E-state index is -0.543. The lowest BCUT2D eigenvalue weighted by molar-refractivity contribution is 0.626. The van der Waals surface area contributed by atoms with Gasteiger partial charge in [0, 0.05) is 9.79 Å². The van der Waals surface area contributed by atoms with Crippen LogP contribution in [0.5, 0.6) is 0 Å². The second-order valence-corrected chi connectivity index (χ2v) is 6.60. The molecule has 110 valence electrons. The van der Waals surface area contributed by atoms with Gasteiger partial charge >= 0.3 is 0 Å². The molecular formula is C16H8F2O2S2. The minimum Gasteiger partial charge on any atom is -0.284 e. The van der Waals surface area contributed by atoms with Crippen molar-refractivity contribution in [1.29, 1.82) is 0 Å². The minimum absolute atomic E-state index is 0.339. The topological polar surface area (TPSA) is 34.1 Å². The average Bonchev–Trinajstić information content (AvgIpc) is 2.54. The maximum absolute atomic E-state index is 12.9. The van der Waals surface area contributed by atoms with Crippen molar-refractivity contribution in [1.82, 2.24) is 0 Å². The molecule has 0 aromatic heterocycles. The first-order chi connectivity index (χ1) is 10.5. The molecule has 22 heavy (non-hydrogen) atoms. The summed E-state index contributed by atoms with van der Waals surface area (Å²) >= 11 is 2.26. The highest BCUT2D eigenvalue weighted by Crippen LogP contribution is 2.36. The Morgan fingerprint density at radius 2 is 0.909 bits per heavy atom. The third kappa shape index (κ3) is 2.98. The highest BCUT2D eigenvalue weighted by Gasteiger charge is 2.22. The molecule has 0 aliphatic rings. The molecule has 0 atom stereocenters. The molecule has 0 saturated heterocycles. The van der Waals surface area contributed by atoms with E-state index in [9.17, 15) is 18.4 Å². The summed E-state index contributed by atoms with van der Waals surface area (Å²) < 4.78 is 25.8. The van der Waals surface area contributed by atoms with Crippen molar-refractivity contribution >= 4 is 23.5 Å². The van der Waals surface area contributed by atoms with Crippen LogP contribution >= 0.6 is 23.5 Å². The van der Waals surface area contributed by atoms with Crippen LogP contribution in [-0.2, 0) is 0 Å². The Hall–Kier alpha value is -1.92. The van der Waals surface area contributed by atoms with Crippen molar-refractivity contribution in [3.63, 3.8) is 0 Å². The summed E-state index contributed by atoms with van der Waals surface area (Å²) in [7, 11) is 0. The molecule has 3 aromatic carbocycles. The predicted octanol–water partition coefficient (Wildman–Crippen LogP) is 3.86. The molecule has 2 nitrogen and oxygen atoms in total. The zero-order valence-electron chi connectivity index (χ0n) is 11.0. The zero-order valence-corrected chi connectivity index (χ0v) is 12.6. The second-order valence-electron chi connectivity index (χ2n) is 4.43. The fourth-order valence-electron chi connectivity index (χ4n) is 1.78. The summed E-state index contributed by atoms with van der Waals surface area (Å²) in [4.78, 5) is 25.5. The molecular weight excluding hydrogens is 326 g/mol. The quantitative estimate of drug-likeness (QED) is 0.679. The third-order valence-electron chi connectivity index (χ3n) is 2.89. The number of benzene rings is 2. The van der Waals surface area contributed by atoms with Crippen molar-refractivity contribution in [3.8, 4) is 0 Å². The molecule has 6 heteroatoms. The van der Waals surface area contributed by atoms with E-state index >= 15 is 0 Å². The fourth-order valence-corrected chi connectivity index (χ4v) is 3.78. The van der Waals surface area contributed by atoms with Crippen molar-refractivity contribution in [2.75, 3.05) is 0 Å². The van der Waals surface area contributed by atoms with Gasteiger partial charge < -0.3 is 0 Å². The summed E-state index contributed by atoms with van der Waals surface area (Å²) in [6.07, 6.45) is 0. The fraction of sp³-hybridized carbons (Fsp3) is 0. The van der Waals surface area contributed by atoms with Crippen LogP contribution < -0.4 is 10.9 Å². The molecule has 0 N–H and O–H groups in total. The van der Waals surface area contributed by atoms with Crippen molar-refractivity contribution in [2.45, 2.75) is 19.6 Å². The average molecular weight is 334 g/mol. The van der Waals surface area contributed by atoms with Gasteiger partial charge in [-0.05, 0) is 48.5 Å². The van der Waals surface area contributed by atoms with Crippen molar-refractivity contribution in [3.05, 3.63) is 80.6 Å². The summed E-state index contributed by atoms with van der Waals surface area (Å²) in [5.41, 5.74) is -1.09. The van der Waals surface area contributed by atoms with Crippen LogP contribution in [0.25, 0.3) is 0 Å². The standard InChI is InChI=1S/C16H8F2O2S2/c17-9-1-5-11(6-2-9)21-15-13(19)14(20)16(15)22-12-7-3-10(18)4-8-12/h1-8H. The highest BCUT2D eigenvalue weighted by atomic mass is 32.2. The summed E-state index contributed by atoms with van der Waals surface area (Å²) in [6.45, 7) is 0. The number of hydrogen-bond acceptors (Lipinski definition) is 4. The summed E-state index contributed by atoms with van der Waals surface area (Å²) in [5, 5.41) is 0. The maximum atomic E-state index is 12.9. The van der Waals surface area contributed by atoms with Crippen LogP contribution in [0.3, 0.4) is 0 Å². The largest absolute Gasteiger partial charge is 0.284 e. The van der Waals surface area contributed by atoms with Crippen molar-refractivity contribution in [2.24, 2.45) is 0 Å². The summed E-state index contributed by atoms with van der Waals surface area (Å²) in [6, 6.07) is 11.3. The zero-order chi connectivity index (χ0) is 15.7. The molecule has 0 heterocycles. The Bertz CT molecular complexity index is 805. The Labute approximate surface area is 132 Å². The molecule has 0 radical (unpaired) electrons. The smallest absolute Gasteiger partial charge is 0.242 e. The van der Waals surface area contributed by atoms with E-state index in [1.54, 1.807) is 24.3 Å². The lowest BCUT2D eigenvalue weighted by Gasteiger charge is -2.10. The molecule has 3 rings (SSSR count). The molecule has 0 unspecified atom stereocenters. The van der Waals surface area contributed by atoms with Crippen LogP contribution in [0.15, 0.2) is 77.7 Å². The molecule has 0 spiro atoms. The van der Waals surface area contributed by atoms with Gasteiger partial charge in [-0.15, -0.1) is 0 Å². The van der Waals surface area contributed by atoms with Gasteiger partial charge in [0.25, 0.3) is 0 Å². The van der Waals surface area contributed by atoms with Gasteiger partial charge in [0.05, 0.1) is 9.79 Å². The maximum Gasteiger partial charge on any atom is 0.242 e. The molecule has 0 aliphatic heterocycles. The monoisotopic (exact) mass is 334 g/mol. The molecule has 0 aliphatic carbocycles. The van der Waals surface area contributed by atoms with Crippen LogP contribution in [0.2, 0.25) is 0 Å². The van der Waals surface area contributed by atoms with Gasteiger partial charge in [0.15, 0.2) is 0 Å². The Kier molecular flexibility index (Phi) is 4.13. The molecule has 0 fully saturated rings. The number of halogens is 2. The van der Waals surface area contributed by atoms with Crippen LogP contribution in [0.4, 0.5) is 8.78 Å². The predicted molar refractivity (Wildman–Crippen MR) is 82.4 cm³/mol. The SMILES string of the molecule is O=c1c(Sc2ccc(F)cc2)c(Sc2ccc(F)cc2)c1=O. The molecule has 0 bridgehead atoms. The summed E-state index contributed by atoms with van der Waals surface area (Å²) in [5.74, 6) is -0.731. The molecule has 3 aromatic rings. The van der Waals surface area contributed by atoms with Crippen molar-refractivity contribution < 1.29 is 8.78 Å². The van der Waals surface area contributed by atoms with E-state index in [-0.39, 0.29) is 11.6 Å². The first-order valence-corrected chi connectivity index (χ1v) is 7.88. The van der Waals surface area contributed by atoms with E-state index in [4.69, 9.17) is 0 Å². The van der Waals surface area contributed by atoms with Gasteiger partial charge in [0.1, 0.15) is 11.6 Å². The van der Waals surface area contributed by atoms with Crippen LogP contribution in [-0.4, -0.2) is 0 Å². The van der Waals surface area contributed by atoms with Gasteiger partial charge in [-0.25, -0.2) is 8.78 Å². The third-order valence-corrected chi connectivity index (χ3v) is 5.22. The number of rotatable bonds is 4. The van der Waals surface area contributed by atoms with E-state index in [0.717, 1.165) is 23.5 Å². The second kappa shape index (κ2) is 6.06. The van der Waals surface area contributed by atoms with Gasteiger partial charge in [-0.3, -0.25) is 9.59 Å². The van der Waals surface area contributed by atoms with Crippen LogP contribution in [0, 0.1) is 11.6 Å². The Balaban J connectivity index is 1.85. The number of hydrogen-bond donors (Lipinski definition) is 0. The van der Waals surface area contributed by atoms with Crippen LogP contribution in [0.1, 0.15) is 0 Å². The van der Waals surface area contributed by atoms with Gasteiger partial charge in [0.2, 0.25) is 10.9 Å². The van der Waals surface area contributed by atoms with E-state index in [1.165, 1.54) is 24.3 Å². The lowest BCUT2D eigenvalue weighted by atomic mass is 10.3.